The number of hydrogen-bond donors (Lipinski definition) is 2. The minimum atomic E-state index is -0.610. The lowest BCUT2D eigenvalue weighted by Gasteiger charge is -2.29. The van der Waals surface area contributed by atoms with Crippen LogP contribution in [0.4, 0.5) is 10.5 Å². The minimum Gasteiger partial charge on any atom is -0.388 e. The highest BCUT2D eigenvalue weighted by molar-refractivity contribution is 5.90. The Balaban J connectivity index is 2.09. The lowest BCUT2D eigenvalue weighted by Crippen LogP contribution is -2.48. The predicted molar refractivity (Wildman–Crippen MR) is 82.4 cm³/mol. The third kappa shape index (κ3) is 3.74. The quantitative estimate of drug-likeness (QED) is 0.875. The van der Waals surface area contributed by atoms with Gasteiger partial charge in [0.1, 0.15) is 0 Å². The molecule has 2 rings (SSSR count). The van der Waals surface area contributed by atoms with Crippen LogP contribution in [0.25, 0.3) is 0 Å². The summed E-state index contributed by atoms with van der Waals surface area (Å²) < 4.78 is 5.24. The maximum absolute atomic E-state index is 12.5. The van der Waals surface area contributed by atoms with Gasteiger partial charge in [-0.2, -0.15) is 0 Å². The summed E-state index contributed by atoms with van der Waals surface area (Å²) in [6.07, 6.45) is 1.35. The van der Waals surface area contributed by atoms with Crippen LogP contribution in [0.1, 0.15) is 25.8 Å². The van der Waals surface area contributed by atoms with Crippen molar-refractivity contribution >= 4 is 11.7 Å². The number of carbonyl (C=O) groups is 1. The molecule has 2 atom stereocenters. The third-order valence-electron chi connectivity index (χ3n) is 3.80. The van der Waals surface area contributed by atoms with Gasteiger partial charge in [0, 0.05) is 12.2 Å². The Bertz CT molecular complexity index is 478. The van der Waals surface area contributed by atoms with E-state index in [1.807, 2.05) is 31.2 Å². The molecule has 2 amide bonds. The normalized spacial score (nSPS) is 21.3. The molecule has 1 heterocycles. The standard InChI is InChI=1S/C16H24N2O3/c1-3-7-12-8-5-6-9-13(12)17-16(20)18(4-2)14-10-21-11-15(14)19/h5-6,8-9,14-15,19H,3-4,7,10-11H2,1-2H3,(H,17,20)/t14-,15-/m0/s1. The van der Waals surface area contributed by atoms with Crippen LogP contribution < -0.4 is 5.32 Å². The number of rotatable bonds is 5. The van der Waals surface area contributed by atoms with Gasteiger partial charge in [-0.15, -0.1) is 0 Å². The first-order chi connectivity index (χ1) is 10.2. The first-order valence-corrected chi connectivity index (χ1v) is 7.58. The summed E-state index contributed by atoms with van der Waals surface area (Å²) >= 11 is 0. The molecule has 0 aromatic heterocycles. The summed E-state index contributed by atoms with van der Waals surface area (Å²) in [6.45, 7) is 5.23. The van der Waals surface area contributed by atoms with Crippen LogP contribution in [-0.4, -0.2) is 47.9 Å². The molecular formula is C16H24N2O3. The first kappa shape index (κ1) is 15.8. The highest BCUT2D eigenvalue weighted by Crippen LogP contribution is 2.19. The molecule has 2 N–H and O–H groups in total. The van der Waals surface area contributed by atoms with Gasteiger partial charge in [-0.25, -0.2) is 4.79 Å². The number of para-hydroxylation sites is 1. The zero-order valence-corrected chi connectivity index (χ0v) is 12.7. The van der Waals surface area contributed by atoms with Crippen molar-refractivity contribution < 1.29 is 14.6 Å². The summed E-state index contributed by atoms with van der Waals surface area (Å²) in [5.41, 5.74) is 1.98. The lowest BCUT2D eigenvalue weighted by molar-refractivity contribution is 0.1000. The van der Waals surface area contributed by atoms with Gasteiger partial charge in [-0.05, 0) is 25.0 Å². The van der Waals surface area contributed by atoms with E-state index in [-0.39, 0.29) is 12.1 Å². The van der Waals surface area contributed by atoms with Crippen molar-refractivity contribution in [2.24, 2.45) is 0 Å². The largest absolute Gasteiger partial charge is 0.388 e. The first-order valence-electron chi connectivity index (χ1n) is 7.58. The van der Waals surface area contributed by atoms with E-state index >= 15 is 0 Å². The maximum atomic E-state index is 12.5. The van der Waals surface area contributed by atoms with Gasteiger partial charge in [0.2, 0.25) is 0 Å². The Hall–Kier alpha value is -1.59. The van der Waals surface area contributed by atoms with E-state index in [0.717, 1.165) is 24.1 Å². The summed E-state index contributed by atoms with van der Waals surface area (Å²) in [5, 5.41) is 12.9. The number of anilines is 1. The molecule has 21 heavy (non-hydrogen) atoms. The number of aryl methyl sites for hydroxylation is 1. The van der Waals surface area contributed by atoms with E-state index in [0.29, 0.717) is 19.8 Å². The number of urea groups is 1. The Kier molecular flexibility index (Phi) is 5.59. The Morgan fingerprint density at radius 1 is 1.38 bits per heavy atom. The van der Waals surface area contributed by atoms with Crippen LogP contribution >= 0.6 is 0 Å². The zero-order chi connectivity index (χ0) is 15.2. The van der Waals surface area contributed by atoms with Crippen molar-refractivity contribution in [2.45, 2.75) is 38.8 Å². The topological polar surface area (TPSA) is 61.8 Å². The second-order valence-electron chi connectivity index (χ2n) is 5.30. The molecule has 0 unspecified atom stereocenters. The van der Waals surface area contributed by atoms with Crippen LogP contribution in [0.5, 0.6) is 0 Å². The van der Waals surface area contributed by atoms with Crippen molar-refractivity contribution in [1.82, 2.24) is 4.90 Å². The van der Waals surface area contributed by atoms with Crippen molar-refractivity contribution in [2.75, 3.05) is 25.1 Å². The van der Waals surface area contributed by atoms with E-state index < -0.39 is 6.10 Å². The molecule has 0 bridgehead atoms. The van der Waals surface area contributed by atoms with Gasteiger partial charge in [0.05, 0.1) is 25.4 Å². The van der Waals surface area contributed by atoms with Crippen molar-refractivity contribution in [3.05, 3.63) is 29.8 Å². The van der Waals surface area contributed by atoms with Gasteiger partial charge < -0.3 is 20.1 Å². The van der Waals surface area contributed by atoms with Crippen LogP contribution in [0.15, 0.2) is 24.3 Å². The smallest absolute Gasteiger partial charge is 0.322 e. The van der Waals surface area contributed by atoms with E-state index in [4.69, 9.17) is 4.74 Å². The number of amides is 2. The summed E-state index contributed by atoms with van der Waals surface area (Å²) in [5.74, 6) is 0. The molecule has 1 saturated heterocycles. The fourth-order valence-electron chi connectivity index (χ4n) is 2.67. The highest BCUT2D eigenvalue weighted by atomic mass is 16.5. The Morgan fingerprint density at radius 2 is 2.14 bits per heavy atom. The zero-order valence-electron chi connectivity index (χ0n) is 12.7. The van der Waals surface area contributed by atoms with Crippen LogP contribution in [-0.2, 0) is 11.2 Å². The average molecular weight is 292 g/mol. The molecule has 1 fully saturated rings. The van der Waals surface area contributed by atoms with Crippen molar-refractivity contribution in [1.29, 1.82) is 0 Å². The number of carbonyl (C=O) groups excluding carboxylic acids is 1. The number of aliphatic hydroxyl groups excluding tert-OH is 1. The molecule has 0 spiro atoms. The van der Waals surface area contributed by atoms with Crippen LogP contribution in [0.3, 0.4) is 0 Å². The number of nitrogens with one attached hydrogen (secondary N) is 1. The molecule has 5 heteroatoms. The molecule has 116 valence electrons. The Labute approximate surface area is 125 Å². The fourth-order valence-corrected chi connectivity index (χ4v) is 2.67. The summed E-state index contributed by atoms with van der Waals surface area (Å²) in [7, 11) is 0. The number of ether oxygens (including phenoxy) is 1. The fraction of sp³-hybridized carbons (Fsp3) is 0.562. The summed E-state index contributed by atoms with van der Waals surface area (Å²) in [6, 6.07) is 7.39. The van der Waals surface area contributed by atoms with Gasteiger partial charge in [-0.1, -0.05) is 31.5 Å². The Morgan fingerprint density at radius 3 is 2.76 bits per heavy atom. The van der Waals surface area contributed by atoms with Gasteiger partial charge >= 0.3 is 6.03 Å². The molecule has 0 radical (unpaired) electrons. The third-order valence-corrected chi connectivity index (χ3v) is 3.80. The average Bonchev–Trinajstić information content (AvgIpc) is 2.88. The predicted octanol–water partition coefficient (Wildman–Crippen LogP) is 2.25. The second kappa shape index (κ2) is 7.43. The molecular weight excluding hydrogens is 268 g/mol. The van der Waals surface area contributed by atoms with Gasteiger partial charge in [-0.3, -0.25) is 0 Å². The lowest BCUT2D eigenvalue weighted by atomic mass is 10.1. The van der Waals surface area contributed by atoms with Crippen molar-refractivity contribution in [3.63, 3.8) is 0 Å². The number of aliphatic hydroxyl groups is 1. The van der Waals surface area contributed by atoms with Gasteiger partial charge in [0.25, 0.3) is 0 Å². The second-order valence-corrected chi connectivity index (χ2v) is 5.30. The molecule has 1 aliphatic heterocycles. The monoisotopic (exact) mass is 292 g/mol. The number of likely N-dealkylation sites (N-methyl/N-ethyl adjacent to an activating group) is 1. The van der Waals surface area contributed by atoms with E-state index in [1.165, 1.54) is 0 Å². The SMILES string of the molecule is CCCc1ccccc1NC(=O)N(CC)[C@H]1COC[C@@H]1O. The number of nitrogens with zero attached hydrogens (tertiary/aromatic N) is 1. The van der Waals surface area contributed by atoms with E-state index in [2.05, 4.69) is 12.2 Å². The number of hydrogen-bond acceptors (Lipinski definition) is 3. The number of benzene rings is 1. The van der Waals surface area contributed by atoms with Gasteiger partial charge in [0.15, 0.2) is 0 Å². The minimum absolute atomic E-state index is 0.185. The molecule has 1 aromatic rings. The van der Waals surface area contributed by atoms with Crippen molar-refractivity contribution in [3.8, 4) is 0 Å². The molecule has 0 saturated carbocycles. The molecule has 1 aromatic carbocycles. The van der Waals surface area contributed by atoms with Crippen LogP contribution in [0, 0.1) is 0 Å². The summed E-state index contributed by atoms with van der Waals surface area (Å²) in [4.78, 5) is 14.1. The van der Waals surface area contributed by atoms with Crippen LogP contribution in [0.2, 0.25) is 0 Å². The highest BCUT2D eigenvalue weighted by Gasteiger charge is 2.33. The molecule has 0 aliphatic carbocycles. The van der Waals surface area contributed by atoms with E-state index in [1.54, 1.807) is 4.90 Å². The van der Waals surface area contributed by atoms with E-state index in [9.17, 15) is 9.90 Å². The molecule has 1 aliphatic rings. The molecule has 5 nitrogen and oxygen atoms in total. The maximum Gasteiger partial charge on any atom is 0.322 e.